The van der Waals surface area contributed by atoms with Crippen LogP contribution in [0.1, 0.15) is 116 Å². The van der Waals surface area contributed by atoms with Gasteiger partial charge in [0.05, 0.1) is 11.4 Å². The Morgan fingerprint density at radius 3 is 1.15 bits per heavy atom. The number of ether oxygens (including phenoxy) is 3. The summed E-state index contributed by atoms with van der Waals surface area (Å²) in [5.74, 6) is 5.79. The zero-order valence-corrected chi connectivity index (χ0v) is 32.8. The maximum absolute atomic E-state index is 10.4. The topological polar surface area (TPSA) is 120 Å². The number of anilines is 2. The van der Waals surface area contributed by atoms with Gasteiger partial charge >= 0.3 is 0 Å². The Labute approximate surface area is 325 Å². The fourth-order valence-electron chi connectivity index (χ4n) is 15.2. The minimum absolute atomic E-state index is 0.0206. The van der Waals surface area contributed by atoms with E-state index in [-0.39, 0.29) is 22.3 Å². The standard InChI is InChI=1S/C48H56N2O5/c1-43-17-29-18-44(2,23-43)26-47(21-29,25-43)35-13-31(7-11-41(35)54-33-5-9-37(49)39(51)15-33)53-32-8-12-42(55-34-6-10-38(50)40(52)16-34)36(14-32)48-22-30-19-45(3,27-48)24-46(4,20-30)28-48/h5-16,29-30,51-52H,17-28,49-50H2,1-4H3. The van der Waals surface area contributed by atoms with E-state index in [0.717, 1.165) is 61.5 Å². The fourth-order valence-corrected chi connectivity index (χ4v) is 15.2. The van der Waals surface area contributed by atoms with Gasteiger partial charge in [0.15, 0.2) is 0 Å². The number of rotatable bonds is 8. The van der Waals surface area contributed by atoms with Crippen molar-refractivity contribution in [3.05, 3.63) is 83.9 Å². The largest absolute Gasteiger partial charge is 0.506 e. The summed E-state index contributed by atoms with van der Waals surface area (Å²) in [5, 5.41) is 20.9. The van der Waals surface area contributed by atoms with E-state index in [0.29, 0.717) is 56.4 Å². The number of nitrogen functional groups attached to an aromatic ring is 2. The Morgan fingerprint density at radius 2 is 0.800 bits per heavy atom. The van der Waals surface area contributed by atoms with Crippen molar-refractivity contribution in [2.45, 2.75) is 116 Å². The van der Waals surface area contributed by atoms with E-state index < -0.39 is 0 Å². The number of phenols is 2. The highest BCUT2D eigenvalue weighted by atomic mass is 16.5. The first kappa shape index (κ1) is 34.9. The Bertz CT molecular complexity index is 2040. The number of hydrogen-bond acceptors (Lipinski definition) is 7. The highest BCUT2D eigenvalue weighted by Crippen LogP contribution is 2.72. The molecule has 8 saturated carbocycles. The van der Waals surface area contributed by atoms with Gasteiger partial charge in [0.25, 0.3) is 0 Å². The van der Waals surface area contributed by atoms with E-state index in [1.165, 1.54) is 49.7 Å². The maximum atomic E-state index is 10.4. The van der Waals surface area contributed by atoms with Crippen LogP contribution in [0.15, 0.2) is 72.8 Å². The van der Waals surface area contributed by atoms with Crippen LogP contribution in [0.5, 0.6) is 46.0 Å². The van der Waals surface area contributed by atoms with Crippen LogP contribution in [0.4, 0.5) is 11.4 Å². The maximum Gasteiger partial charge on any atom is 0.142 e. The van der Waals surface area contributed by atoms with Gasteiger partial charge in [-0.05, 0) is 171 Å². The van der Waals surface area contributed by atoms with Crippen molar-refractivity contribution in [2.75, 3.05) is 11.5 Å². The van der Waals surface area contributed by atoms with E-state index in [2.05, 4.69) is 52.0 Å². The lowest BCUT2D eigenvalue weighted by molar-refractivity contribution is -0.110. The van der Waals surface area contributed by atoms with Gasteiger partial charge in [0.1, 0.15) is 46.0 Å². The molecule has 7 heteroatoms. The van der Waals surface area contributed by atoms with Crippen molar-refractivity contribution in [3.63, 3.8) is 0 Å². The van der Waals surface area contributed by atoms with Gasteiger partial charge in [-0.3, -0.25) is 0 Å². The Kier molecular flexibility index (Phi) is 7.32. The van der Waals surface area contributed by atoms with E-state index in [1.54, 1.807) is 24.3 Å². The first-order valence-corrected chi connectivity index (χ1v) is 20.5. The second-order valence-electron chi connectivity index (χ2n) is 20.9. The molecule has 0 saturated heterocycles. The van der Waals surface area contributed by atoms with Crippen molar-refractivity contribution < 1.29 is 24.4 Å². The molecule has 8 aliphatic rings. The molecule has 7 nitrogen and oxygen atoms in total. The smallest absolute Gasteiger partial charge is 0.142 e. The molecule has 6 N–H and O–H groups in total. The van der Waals surface area contributed by atoms with Crippen LogP contribution in [-0.2, 0) is 10.8 Å². The molecule has 4 aromatic rings. The Balaban J connectivity index is 1.05. The first-order valence-electron chi connectivity index (χ1n) is 20.5. The highest BCUT2D eigenvalue weighted by molar-refractivity contribution is 5.58. The SMILES string of the molecule is CC12CC3CC(C)(C1)CC(c1cc(Oc4ccc(Oc5ccc(N)c(O)c5)c(C56CC7CC(C)(CC(C)(C7)C5)C6)c4)ccc1Oc1ccc(N)c(O)c1)(C3)C2. The van der Waals surface area contributed by atoms with Crippen LogP contribution in [0.3, 0.4) is 0 Å². The van der Waals surface area contributed by atoms with Gasteiger partial charge in [-0.2, -0.15) is 0 Å². The van der Waals surface area contributed by atoms with Crippen molar-refractivity contribution in [1.29, 1.82) is 0 Å². The van der Waals surface area contributed by atoms with E-state index in [9.17, 15) is 10.2 Å². The third-order valence-corrected chi connectivity index (χ3v) is 15.0. The molecular weight excluding hydrogens is 685 g/mol. The molecule has 288 valence electrons. The Hall–Kier alpha value is -4.52. The number of aromatic hydroxyl groups is 2. The summed E-state index contributed by atoms with van der Waals surface area (Å²) < 4.78 is 20.3. The summed E-state index contributed by atoms with van der Waals surface area (Å²) in [4.78, 5) is 0. The van der Waals surface area contributed by atoms with Crippen molar-refractivity contribution in [3.8, 4) is 46.0 Å². The summed E-state index contributed by atoms with van der Waals surface area (Å²) in [5.41, 5.74) is 16.2. The summed E-state index contributed by atoms with van der Waals surface area (Å²) in [6.07, 6.45) is 14.6. The van der Waals surface area contributed by atoms with Gasteiger partial charge in [-0.1, -0.05) is 27.7 Å². The van der Waals surface area contributed by atoms with Crippen molar-refractivity contribution >= 4 is 11.4 Å². The van der Waals surface area contributed by atoms with Gasteiger partial charge in [0, 0.05) is 34.1 Å². The average molecular weight is 741 g/mol. The van der Waals surface area contributed by atoms with E-state index in [4.69, 9.17) is 25.7 Å². The molecule has 4 atom stereocenters. The second-order valence-corrected chi connectivity index (χ2v) is 20.9. The number of benzene rings is 4. The molecule has 0 radical (unpaired) electrons. The minimum atomic E-state index is -0.0228. The van der Waals surface area contributed by atoms with Crippen LogP contribution in [0, 0.1) is 33.5 Å². The predicted octanol–water partition coefficient (Wildman–Crippen LogP) is 12.1. The molecule has 8 bridgehead atoms. The lowest BCUT2D eigenvalue weighted by atomic mass is 9.39. The third kappa shape index (κ3) is 5.90. The minimum Gasteiger partial charge on any atom is -0.506 e. The molecule has 0 aromatic heterocycles. The normalized spacial score (nSPS) is 36.6. The van der Waals surface area contributed by atoms with Crippen LogP contribution in [-0.4, -0.2) is 10.2 Å². The van der Waals surface area contributed by atoms with Crippen LogP contribution in [0.25, 0.3) is 0 Å². The zero-order chi connectivity index (χ0) is 38.2. The Morgan fingerprint density at radius 1 is 0.455 bits per heavy atom. The van der Waals surface area contributed by atoms with Gasteiger partial charge in [0.2, 0.25) is 0 Å². The highest BCUT2D eigenvalue weighted by Gasteiger charge is 2.62. The lowest BCUT2D eigenvalue weighted by Crippen LogP contribution is -2.56. The van der Waals surface area contributed by atoms with Crippen LogP contribution < -0.4 is 25.7 Å². The first-order chi connectivity index (χ1) is 26.0. The zero-order valence-electron chi connectivity index (χ0n) is 32.8. The summed E-state index contributed by atoms with van der Waals surface area (Å²) >= 11 is 0. The molecule has 4 unspecified atom stereocenters. The molecule has 55 heavy (non-hydrogen) atoms. The molecule has 8 aliphatic carbocycles. The van der Waals surface area contributed by atoms with E-state index in [1.807, 2.05) is 24.3 Å². The van der Waals surface area contributed by atoms with Crippen LogP contribution in [0.2, 0.25) is 0 Å². The summed E-state index contributed by atoms with van der Waals surface area (Å²) in [6, 6.07) is 22.9. The molecule has 0 aliphatic heterocycles. The quantitative estimate of drug-likeness (QED) is 0.105. The molecule has 0 heterocycles. The monoisotopic (exact) mass is 740 g/mol. The molecule has 12 rings (SSSR count). The fraction of sp³-hybridized carbons (Fsp3) is 0.500. The molecule has 0 amide bonds. The number of hydrogen-bond donors (Lipinski definition) is 4. The van der Waals surface area contributed by atoms with Crippen LogP contribution >= 0.6 is 0 Å². The lowest BCUT2D eigenvalue weighted by Gasteiger charge is -2.65. The molecule has 4 aromatic carbocycles. The molecule has 8 fully saturated rings. The van der Waals surface area contributed by atoms with Gasteiger partial charge < -0.3 is 35.9 Å². The number of nitrogens with two attached hydrogens (primary N) is 2. The number of phenolic OH excluding ortho intramolecular Hbond substituents is 2. The molecule has 0 spiro atoms. The van der Waals surface area contributed by atoms with Crippen molar-refractivity contribution in [2.24, 2.45) is 33.5 Å². The molecular formula is C48H56N2O5. The summed E-state index contributed by atoms with van der Waals surface area (Å²) in [6.45, 7) is 10.0. The third-order valence-electron chi connectivity index (χ3n) is 15.0. The summed E-state index contributed by atoms with van der Waals surface area (Å²) in [7, 11) is 0. The predicted molar refractivity (Wildman–Crippen MR) is 216 cm³/mol. The van der Waals surface area contributed by atoms with E-state index >= 15 is 0 Å². The second kappa shape index (κ2) is 11.5. The average Bonchev–Trinajstić information content (AvgIpc) is 3.06. The van der Waals surface area contributed by atoms with Gasteiger partial charge in [-0.25, -0.2) is 0 Å². The van der Waals surface area contributed by atoms with Crippen molar-refractivity contribution in [1.82, 2.24) is 0 Å². The van der Waals surface area contributed by atoms with Gasteiger partial charge in [-0.15, -0.1) is 0 Å².